The third-order valence-corrected chi connectivity index (χ3v) is 9.62. The number of H-pyrrole nitrogens is 1. The Balaban J connectivity index is 1.03. The number of aromatic amines is 1. The fourth-order valence-corrected chi connectivity index (χ4v) is 7.37. The van der Waals surface area contributed by atoms with E-state index in [1.165, 1.54) is 13.2 Å². The van der Waals surface area contributed by atoms with Crippen molar-refractivity contribution in [3.05, 3.63) is 29.8 Å². The number of hydrogen-bond acceptors (Lipinski definition) is 7. The number of pyridine rings is 1. The van der Waals surface area contributed by atoms with Crippen molar-refractivity contribution >= 4 is 11.8 Å². The Morgan fingerprint density at radius 1 is 1.10 bits per heavy atom. The normalized spacial score (nSPS) is 29.8. The molecule has 2 amide bonds. The van der Waals surface area contributed by atoms with E-state index in [0.29, 0.717) is 43.2 Å². The van der Waals surface area contributed by atoms with Gasteiger partial charge in [0.2, 0.25) is 11.8 Å². The summed E-state index contributed by atoms with van der Waals surface area (Å²) in [7, 11) is 1.46. The topological polar surface area (TPSA) is 115 Å². The van der Waals surface area contributed by atoms with Crippen LogP contribution in [0.5, 0.6) is 5.88 Å². The summed E-state index contributed by atoms with van der Waals surface area (Å²) >= 11 is 0. The molecule has 10 nitrogen and oxygen atoms in total. The number of likely N-dealkylation sites (tertiary alicyclic amines) is 1. The number of aromatic nitrogens is 3. The number of nitrogens with one attached hydrogen (secondary N) is 3. The number of carbonyl (C=O) groups excluding carboxylic acids is 2. The minimum absolute atomic E-state index is 0.0812. The molecule has 0 bridgehead atoms. The molecule has 11 heteroatoms. The first-order valence-corrected chi connectivity index (χ1v) is 15.1. The van der Waals surface area contributed by atoms with Gasteiger partial charge in [-0.05, 0) is 71.3 Å². The highest BCUT2D eigenvalue weighted by Gasteiger charge is 2.55. The molecule has 1 spiro atoms. The van der Waals surface area contributed by atoms with Gasteiger partial charge in [-0.1, -0.05) is 0 Å². The monoisotopic (exact) mass is 567 g/mol. The minimum Gasteiger partial charge on any atom is -0.481 e. The largest absolute Gasteiger partial charge is 0.481 e. The van der Waals surface area contributed by atoms with Crippen molar-refractivity contribution < 1.29 is 18.7 Å². The van der Waals surface area contributed by atoms with Gasteiger partial charge in [-0.15, -0.1) is 0 Å². The summed E-state index contributed by atoms with van der Waals surface area (Å²) in [5.41, 5.74) is 0.594. The van der Waals surface area contributed by atoms with Crippen LogP contribution in [0.2, 0.25) is 0 Å². The van der Waals surface area contributed by atoms with E-state index in [1.54, 1.807) is 6.07 Å². The predicted molar refractivity (Wildman–Crippen MR) is 152 cm³/mol. The van der Waals surface area contributed by atoms with Gasteiger partial charge < -0.3 is 20.3 Å². The summed E-state index contributed by atoms with van der Waals surface area (Å²) in [6.45, 7) is 7.23. The van der Waals surface area contributed by atoms with E-state index < -0.39 is 5.82 Å². The number of hydrogen-bond donors (Lipinski definition) is 3. The van der Waals surface area contributed by atoms with Crippen molar-refractivity contribution in [2.45, 2.75) is 94.9 Å². The van der Waals surface area contributed by atoms with Crippen molar-refractivity contribution in [3.8, 4) is 17.1 Å². The molecule has 3 N–H and O–H groups in total. The molecule has 2 aliphatic carbocycles. The Hall–Kier alpha value is -3.05. The van der Waals surface area contributed by atoms with Gasteiger partial charge in [0.15, 0.2) is 11.5 Å². The quantitative estimate of drug-likeness (QED) is 0.491. The molecule has 41 heavy (non-hydrogen) atoms. The number of rotatable bonds is 6. The highest BCUT2D eigenvalue weighted by molar-refractivity contribution is 5.94. The molecular formula is C30H42FN7O3. The maximum Gasteiger partial charge on any atom is 0.274 e. The molecule has 0 radical (unpaired) electrons. The third-order valence-electron chi connectivity index (χ3n) is 9.62. The fourth-order valence-electron chi connectivity index (χ4n) is 7.37. The van der Waals surface area contributed by atoms with Gasteiger partial charge in [0, 0.05) is 66.9 Å². The lowest BCUT2D eigenvalue weighted by Crippen LogP contribution is -2.58. The lowest BCUT2D eigenvalue weighted by atomic mass is 9.86. The zero-order chi connectivity index (χ0) is 28.7. The van der Waals surface area contributed by atoms with Crippen molar-refractivity contribution in [2.75, 3.05) is 26.7 Å². The van der Waals surface area contributed by atoms with Gasteiger partial charge in [0.1, 0.15) is 0 Å². The molecule has 0 aromatic carbocycles. The van der Waals surface area contributed by atoms with E-state index in [0.717, 1.165) is 57.8 Å². The highest BCUT2D eigenvalue weighted by Crippen LogP contribution is 2.50. The number of halogens is 1. The third kappa shape index (κ3) is 5.83. The summed E-state index contributed by atoms with van der Waals surface area (Å²) in [6, 6.07) is 4.94. The molecule has 2 saturated carbocycles. The average molecular weight is 568 g/mol. The highest BCUT2D eigenvalue weighted by atomic mass is 19.1. The zero-order valence-electron chi connectivity index (χ0n) is 24.3. The molecule has 2 aromatic rings. The summed E-state index contributed by atoms with van der Waals surface area (Å²) in [4.78, 5) is 35.2. The van der Waals surface area contributed by atoms with Gasteiger partial charge in [-0.25, -0.2) is 9.37 Å². The molecule has 4 heterocycles. The van der Waals surface area contributed by atoms with Crippen LogP contribution in [0.4, 0.5) is 4.39 Å². The van der Waals surface area contributed by atoms with Crippen LogP contribution in [-0.2, 0) is 4.79 Å². The molecular weight excluding hydrogens is 525 g/mol. The summed E-state index contributed by atoms with van der Waals surface area (Å²) in [6.07, 6.45) is 8.50. The van der Waals surface area contributed by atoms with Crippen molar-refractivity contribution in [2.24, 2.45) is 5.92 Å². The minimum atomic E-state index is -0.527. The number of piperazine rings is 1. The average Bonchev–Trinajstić information content (AvgIpc) is 3.54. The Bertz CT molecular complexity index is 1260. The van der Waals surface area contributed by atoms with E-state index in [1.807, 2.05) is 4.90 Å². The number of amides is 2. The first-order valence-electron chi connectivity index (χ1n) is 15.1. The summed E-state index contributed by atoms with van der Waals surface area (Å²) < 4.78 is 19.5. The van der Waals surface area contributed by atoms with Crippen LogP contribution >= 0.6 is 0 Å². The van der Waals surface area contributed by atoms with Gasteiger partial charge in [-0.3, -0.25) is 19.6 Å². The Morgan fingerprint density at radius 2 is 1.83 bits per heavy atom. The van der Waals surface area contributed by atoms with Crippen LogP contribution < -0.4 is 15.4 Å². The van der Waals surface area contributed by atoms with E-state index in [-0.39, 0.29) is 46.5 Å². The second-order valence-electron chi connectivity index (χ2n) is 12.7. The van der Waals surface area contributed by atoms with Gasteiger partial charge >= 0.3 is 0 Å². The van der Waals surface area contributed by atoms with Crippen LogP contribution in [-0.4, -0.2) is 93.2 Å². The SMILES string of the molecule is COc1cc(-c2cc(C(=O)N3CC[C@H](C(=O)N[C@H]4CC[C@H](N5C[C@@H](C)N[C@@H](C)C5)CC4)CC34CC4)n[nH]2)c(F)cn1. The number of carbonyl (C=O) groups is 2. The van der Waals surface area contributed by atoms with Gasteiger partial charge in [0.25, 0.3) is 5.91 Å². The molecule has 4 aliphatic rings. The van der Waals surface area contributed by atoms with Gasteiger partial charge in [0.05, 0.1) is 19.0 Å². The first kappa shape index (κ1) is 28.1. The fraction of sp³-hybridized carbons (Fsp3) is 0.667. The maximum absolute atomic E-state index is 14.4. The number of nitrogens with zero attached hydrogens (tertiary/aromatic N) is 4. The first-order chi connectivity index (χ1) is 19.7. The number of methoxy groups -OCH3 is 1. The lowest BCUT2D eigenvalue weighted by molar-refractivity contribution is -0.128. The zero-order valence-corrected chi connectivity index (χ0v) is 24.3. The molecule has 6 rings (SSSR count). The van der Waals surface area contributed by atoms with Crippen LogP contribution in [0, 0.1) is 11.7 Å². The smallest absolute Gasteiger partial charge is 0.274 e. The van der Waals surface area contributed by atoms with Crippen LogP contribution in [0.15, 0.2) is 18.3 Å². The molecule has 3 atom stereocenters. The second kappa shape index (κ2) is 11.3. The summed E-state index contributed by atoms with van der Waals surface area (Å²) in [5, 5.41) is 14.0. The molecule has 2 aliphatic heterocycles. The Morgan fingerprint density at radius 3 is 2.51 bits per heavy atom. The maximum atomic E-state index is 14.4. The summed E-state index contributed by atoms with van der Waals surface area (Å²) in [5.74, 6) is -0.374. The van der Waals surface area contributed by atoms with E-state index in [9.17, 15) is 14.0 Å². The molecule has 4 fully saturated rings. The molecule has 2 aromatic heterocycles. The lowest BCUT2D eigenvalue weighted by Gasteiger charge is -2.44. The van der Waals surface area contributed by atoms with Gasteiger partial charge in [-0.2, -0.15) is 5.10 Å². The standard InChI is InChI=1S/C30H42FN7O3/c1-18-16-37(17-19(2)33-18)22-6-4-21(5-7-22)34-28(39)20-8-11-38(30(14-20)9-10-30)29(40)26-13-25(35-36-26)23-12-27(41-3)32-15-24(23)31/h12-13,15,18-22,33H,4-11,14,16-17H2,1-3H3,(H,34,39)(H,35,36)/t18-,19+,20-,21-,22-/m0/s1. The van der Waals surface area contributed by atoms with Crippen molar-refractivity contribution in [1.29, 1.82) is 0 Å². The van der Waals surface area contributed by atoms with E-state index >= 15 is 0 Å². The predicted octanol–water partition coefficient (Wildman–Crippen LogP) is 3.11. The van der Waals surface area contributed by atoms with Crippen molar-refractivity contribution in [3.63, 3.8) is 0 Å². The number of piperidine rings is 1. The van der Waals surface area contributed by atoms with Crippen LogP contribution in [0.1, 0.15) is 75.7 Å². The molecule has 0 unspecified atom stereocenters. The molecule has 222 valence electrons. The van der Waals surface area contributed by atoms with Crippen molar-refractivity contribution in [1.82, 2.24) is 35.6 Å². The van der Waals surface area contributed by atoms with E-state index in [4.69, 9.17) is 4.74 Å². The van der Waals surface area contributed by atoms with Crippen LogP contribution in [0.25, 0.3) is 11.3 Å². The van der Waals surface area contributed by atoms with Crippen LogP contribution in [0.3, 0.4) is 0 Å². The Kier molecular flexibility index (Phi) is 7.76. The van der Waals surface area contributed by atoms with E-state index in [2.05, 4.69) is 44.6 Å². The number of ether oxygens (including phenoxy) is 1. The second-order valence-corrected chi connectivity index (χ2v) is 12.7. The Labute approximate surface area is 240 Å². The molecule has 2 saturated heterocycles.